The number of hydrogen-bond acceptors (Lipinski definition) is 5. The highest BCUT2D eigenvalue weighted by molar-refractivity contribution is 5.62. The van der Waals surface area contributed by atoms with E-state index >= 15 is 0 Å². The third kappa shape index (κ3) is 1.65. The molecule has 3 aromatic rings. The van der Waals surface area contributed by atoms with Crippen LogP contribution in [0, 0.1) is 5.82 Å². The molecule has 7 heteroatoms. The van der Waals surface area contributed by atoms with E-state index in [4.69, 9.17) is 0 Å². The van der Waals surface area contributed by atoms with Gasteiger partial charge in [0.25, 0.3) is 5.78 Å². The fraction of sp³-hybridized carbons (Fsp3) is 0.0909. The summed E-state index contributed by atoms with van der Waals surface area (Å²) in [6.45, 7) is 0. The van der Waals surface area contributed by atoms with Crippen LogP contribution in [0.2, 0.25) is 0 Å². The second-order valence-electron chi connectivity index (χ2n) is 3.61. The molecule has 90 valence electrons. The van der Waals surface area contributed by atoms with Gasteiger partial charge in [0, 0.05) is 19.3 Å². The topological polar surface area (TPSA) is 68.0 Å². The number of imidazole rings is 1. The fourth-order valence-electron chi connectivity index (χ4n) is 1.62. The van der Waals surface area contributed by atoms with Crippen molar-refractivity contribution in [3.8, 4) is 11.3 Å². The van der Waals surface area contributed by atoms with Crippen molar-refractivity contribution in [2.24, 2.45) is 0 Å². The van der Waals surface area contributed by atoms with Crippen LogP contribution in [0.1, 0.15) is 0 Å². The van der Waals surface area contributed by atoms with Gasteiger partial charge in [-0.3, -0.25) is 0 Å². The quantitative estimate of drug-likeness (QED) is 0.737. The van der Waals surface area contributed by atoms with E-state index < -0.39 is 5.82 Å². The predicted octanol–water partition coefficient (Wildman–Crippen LogP) is 1.37. The average Bonchev–Trinajstić information content (AvgIpc) is 2.81. The van der Waals surface area contributed by atoms with Gasteiger partial charge in [0.15, 0.2) is 0 Å². The van der Waals surface area contributed by atoms with Gasteiger partial charge in [-0.05, 0) is 0 Å². The second kappa shape index (κ2) is 4.02. The molecule has 0 bridgehead atoms. The van der Waals surface area contributed by atoms with E-state index in [1.807, 2.05) is 0 Å². The van der Waals surface area contributed by atoms with Gasteiger partial charge in [-0.1, -0.05) is 0 Å². The van der Waals surface area contributed by atoms with Gasteiger partial charge in [0.1, 0.15) is 11.6 Å². The number of nitrogens with one attached hydrogen (secondary N) is 1. The molecule has 0 aliphatic heterocycles. The third-order valence-corrected chi connectivity index (χ3v) is 2.50. The Morgan fingerprint density at radius 2 is 2.17 bits per heavy atom. The van der Waals surface area contributed by atoms with Gasteiger partial charge in [-0.2, -0.15) is 5.10 Å². The Morgan fingerprint density at radius 3 is 2.89 bits per heavy atom. The average molecular weight is 244 g/mol. The van der Waals surface area contributed by atoms with Crippen LogP contribution < -0.4 is 5.32 Å². The summed E-state index contributed by atoms with van der Waals surface area (Å²) in [5.74, 6) is 0.499. The van der Waals surface area contributed by atoms with Crippen LogP contribution in [0.5, 0.6) is 0 Å². The number of aromatic nitrogens is 5. The van der Waals surface area contributed by atoms with Gasteiger partial charge in [0.2, 0.25) is 0 Å². The predicted molar refractivity (Wildman–Crippen MR) is 63.5 cm³/mol. The van der Waals surface area contributed by atoms with E-state index in [2.05, 4.69) is 25.4 Å². The molecule has 0 atom stereocenters. The lowest BCUT2D eigenvalue weighted by Gasteiger charge is -2.01. The molecule has 18 heavy (non-hydrogen) atoms. The van der Waals surface area contributed by atoms with Crippen molar-refractivity contribution in [1.82, 2.24) is 24.6 Å². The van der Waals surface area contributed by atoms with Crippen molar-refractivity contribution < 1.29 is 4.39 Å². The molecule has 0 amide bonds. The van der Waals surface area contributed by atoms with Gasteiger partial charge < -0.3 is 5.32 Å². The van der Waals surface area contributed by atoms with E-state index in [1.54, 1.807) is 13.2 Å². The smallest absolute Gasteiger partial charge is 0.251 e. The van der Waals surface area contributed by atoms with Crippen molar-refractivity contribution >= 4 is 11.6 Å². The molecule has 0 unspecified atom stereocenters. The van der Waals surface area contributed by atoms with Crippen LogP contribution in [-0.4, -0.2) is 31.6 Å². The van der Waals surface area contributed by atoms with Gasteiger partial charge in [0.05, 0.1) is 29.8 Å². The Balaban J connectivity index is 2.14. The zero-order chi connectivity index (χ0) is 12.5. The lowest BCUT2D eigenvalue weighted by atomic mass is 10.2. The monoisotopic (exact) mass is 244 g/mol. The van der Waals surface area contributed by atoms with Crippen LogP contribution >= 0.6 is 0 Å². The highest BCUT2D eigenvalue weighted by Crippen LogP contribution is 2.22. The molecule has 0 radical (unpaired) electrons. The maximum atomic E-state index is 13.9. The number of fused-ring (bicyclic) bond motifs is 1. The van der Waals surface area contributed by atoms with Gasteiger partial charge >= 0.3 is 0 Å². The molecule has 3 aromatic heterocycles. The van der Waals surface area contributed by atoms with Crippen LogP contribution in [0.15, 0.2) is 30.9 Å². The molecule has 6 nitrogen and oxygen atoms in total. The zero-order valence-electron chi connectivity index (χ0n) is 9.50. The number of nitrogens with zero attached hydrogens (tertiary/aromatic N) is 5. The Bertz CT molecular complexity index is 675. The molecular formula is C11H9FN6. The molecule has 0 fully saturated rings. The molecule has 0 saturated heterocycles. The first-order valence-corrected chi connectivity index (χ1v) is 5.28. The molecule has 3 rings (SSSR count). The lowest BCUT2D eigenvalue weighted by molar-refractivity contribution is 0.629. The summed E-state index contributed by atoms with van der Waals surface area (Å²) in [4.78, 5) is 12.3. The SMILES string of the molecule is CNc1cc(F)c(-c2cn3nccnc3n2)cn1. The Morgan fingerprint density at radius 1 is 1.28 bits per heavy atom. The first kappa shape index (κ1) is 10.6. The third-order valence-electron chi connectivity index (χ3n) is 2.50. The number of anilines is 1. The normalized spacial score (nSPS) is 10.8. The van der Waals surface area contributed by atoms with Crippen LogP contribution in [-0.2, 0) is 0 Å². The van der Waals surface area contributed by atoms with E-state index in [9.17, 15) is 4.39 Å². The highest BCUT2D eigenvalue weighted by atomic mass is 19.1. The first-order valence-electron chi connectivity index (χ1n) is 5.28. The lowest BCUT2D eigenvalue weighted by Crippen LogP contribution is -1.94. The molecule has 3 heterocycles. The highest BCUT2D eigenvalue weighted by Gasteiger charge is 2.11. The minimum Gasteiger partial charge on any atom is -0.373 e. The zero-order valence-corrected chi connectivity index (χ0v) is 9.50. The molecule has 0 saturated carbocycles. The summed E-state index contributed by atoms with van der Waals surface area (Å²) >= 11 is 0. The summed E-state index contributed by atoms with van der Waals surface area (Å²) in [5.41, 5.74) is 0.773. The fourth-order valence-corrected chi connectivity index (χ4v) is 1.62. The summed E-state index contributed by atoms with van der Waals surface area (Å²) < 4.78 is 15.4. The first-order chi connectivity index (χ1) is 8.78. The molecular weight excluding hydrogens is 235 g/mol. The summed E-state index contributed by atoms with van der Waals surface area (Å²) in [5, 5.41) is 6.80. The maximum Gasteiger partial charge on any atom is 0.251 e. The van der Waals surface area contributed by atoms with E-state index in [1.165, 1.54) is 29.2 Å². The van der Waals surface area contributed by atoms with E-state index in [0.29, 0.717) is 22.9 Å². The van der Waals surface area contributed by atoms with Gasteiger partial charge in [-0.15, -0.1) is 0 Å². The van der Waals surface area contributed by atoms with E-state index in [-0.39, 0.29) is 0 Å². The van der Waals surface area contributed by atoms with Crippen LogP contribution in [0.3, 0.4) is 0 Å². The number of pyridine rings is 1. The van der Waals surface area contributed by atoms with E-state index in [0.717, 1.165) is 0 Å². The molecule has 1 N–H and O–H groups in total. The second-order valence-corrected chi connectivity index (χ2v) is 3.61. The molecule has 0 aliphatic rings. The number of hydrogen-bond donors (Lipinski definition) is 1. The Hall–Kier alpha value is -2.57. The molecule has 0 aromatic carbocycles. The minimum atomic E-state index is -0.391. The van der Waals surface area contributed by atoms with Crippen molar-refractivity contribution in [3.05, 3.63) is 36.7 Å². The number of halogens is 1. The maximum absolute atomic E-state index is 13.9. The minimum absolute atomic E-state index is 0.321. The summed E-state index contributed by atoms with van der Waals surface area (Å²) in [6, 6.07) is 1.32. The standard InChI is InChI=1S/C11H9FN6/c1-13-10-4-8(12)7(5-15-10)9-6-18-11(17-9)14-2-3-16-18/h2-6H,1H3,(H,13,15). The van der Waals surface area contributed by atoms with Crippen LogP contribution in [0.25, 0.3) is 17.0 Å². The number of rotatable bonds is 2. The molecule has 0 aliphatic carbocycles. The summed E-state index contributed by atoms with van der Waals surface area (Å²) in [6.07, 6.45) is 6.12. The Kier molecular flexibility index (Phi) is 2.36. The van der Waals surface area contributed by atoms with Crippen molar-refractivity contribution in [2.45, 2.75) is 0 Å². The van der Waals surface area contributed by atoms with Crippen molar-refractivity contribution in [3.63, 3.8) is 0 Å². The van der Waals surface area contributed by atoms with Crippen LogP contribution in [0.4, 0.5) is 10.2 Å². The summed E-state index contributed by atoms with van der Waals surface area (Å²) in [7, 11) is 1.68. The largest absolute Gasteiger partial charge is 0.373 e. The van der Waals surface area contributed by atoms with Gasteiger partial charge in [-0.25, -0.2) is 23.9 Å². The Labute approximate surface area is 102 Å². The van der Waals surface area contributed by atoms with Crippen molar-refractivity contribution in [2.75, 3.05) is 12.4 Å². The molecule has 0 spiro atoms. The van der Waals surface area contributed by atoms with Crippen molar-refractivity contribution in [1.29, 1.82) is 0 Å².